The Balaban J connectivity index is 2.25. The van der Waals surface area contributed by atoms with Crippen molar-refractivity contribution in [2.24, 2.45) is 5.41 Å². The highest BCUT2D eigenvalue weighted by molar-refractivity contribution is 7.89. The third kappa shape index (κ3) is 3.21. The number of halogens is 2. The van der Waals surface area contributed by atoms with E-state index < -0.39 is 10.0 Å². The molecule has 0 saturated carbocycles. The molecule has 1 fully saturated rings. The van der Waals surface area contributed by atoms with Crippen molar-refractivity contribution >= 4 is 33.2 Å². The lowest BCUT2D eigenvalue weighted by molar-refractivity contribution is 0.196. The largest absolute Gasteiger partial charge is 0.244 e. The van der Waals surface area contributed by atoms with Crippen molar-refractivity contribution in [3.8, 4) is 0 Å². The summed E-state index contributed by atoms with van der Waals surface area (Å²) < 4.78 is 26.4. The standard InChI is InChI=1S/C12H16Cl2N2O2S/c1-12(2)3-5-16(6-4-12)19(17,18)9-7-10(13)11(14)15-8-9/h7-8H,3-6H2,1-2H3. The summed E-state index contributed by atoms with van der Waals surface area (Å²) in [5.41, 5.74) is 0.196. The van der Waals surface area contributed by atoms with E-state index in [9.17, 15) is 8.42 Å². The van der Waals surface area contributed by atoms with E-state index in [4.69, 9.17) is 23.2 Å². The highest BCUT2D eigenvalue weighted by Gasteiger charge is 2.33. The minimum absolute atomic E-state index is 0.0987. The molecule has 0 bridgehead atoms. The van der Waals surface area contributed by atoms with Crippen molar-refractivity contribution in [2.45, 2.75) is 31.6 Å². The fraction of sp³-hybridized carbons (Fsp3) is 0.583. The fourth-order valence-corrected chi connectivity index (χ4v) is 3.77. The zero-order valence-corrected chi connectivity index (χ0v) is 13.2. The van der Waals surface area contributed by atoms with Gasteiger partial charge in [0, 0.05) is 19.3 Å². The molecular weight excluding hydrogens is 307 g/mol. The first-order valence-corrected chi connectivity index (χ1v) is 8.23. The van der Waals surface area contributed by atoms with E-state index >= 15 is 0 Å². The van der Waals surface area contributed by atoms with E-state index in [1.54, 1.807) is 0 Å². The maximum atomic E-state index is 12.4. The normalized spacial score (nSPS) is 20.4. The van der Waals surface area contributed by atoms with Crippen molar-refractivity contribution in [3.63, 3.8) is 0 Å². The second kappa shape index (κ2) is 5.20. The molecule has 0 atom stereocenters. The molecule has 2 rings (SSSR count). The van der Waals surface area contributed by atoms with Crippen molar-refractivity contribution in [2.75, 3.05) is 13.1 Å². The van der Waals surface area contributed by atoms with Crippen LogP contribution >= 0.6 is 23.2 Å². The Kier molecular flexibility index (Phi) is 4.12. The Morgan fingerprint density at radius 2 is 1.84 bits per heavy atom. The first-order valence-electron chi connectivity index (χ1n) is 6.04. The van der Waals surface area contributed by atoms with Crippen LogP contribution in [0.2, 0.25) is 10.2 Å². The Bertz CT molecular complexity index is 577. The number of hydrogen-bond donors (Lipinski definition) is 0. The molecule has 1 aromatic rings. The highest BCUT2D eigenvalue weighted by Crippen LogP contribution is 2.33. The summed E-state index contributed by atoms with van der Waals surface area (Å²) in [7, 11) is -3.52. The number of piperidine rings is 1. The number of nitrogens with zero attached hydrogens (tertiary/aromatic N) is 2. The number of pyridine rings is 1. The molecule has 106 valence electrons. The average Bonchev–Trinajstić information content (AvgIpc) is 2.32. The number of aromatic nitrogens is 1. The van der Waals surface area contributed by atoms with Gasteiger partial charge >= 0.3 is 0 Å². The molecule has 0 N–H and O–H groups in total. The lowest BCUT2D eigenvalue weighted by atomic mass is 9.83. The minimum atomic E-state index is -3.52. The molecule has 19 heavy (non-hydrogen) atoms. The minimum Gasteiger partial charge on any atom is -0.242 e. The van der Waals surface area contributed by atoms with Gasteiger partial charge in [0.1, 0.15) is 10.0 Å². The fourth-order valence-electron chi connectivity index (χ4n) is 2.03. The van der Waals surface area contributed by atoms with Crippen molar-refractivity contribution in [1.82, 2.24) is 9.29 Å². The third-order valence-electron chi connectivity index (χ3n) is 3.48. The van der Waals surface area contributed by atoms with Crippen molar-refractivity contribution < 1.29 is 8.42 Å². The smallest absolute Gasteiger partial charge is 0.242 e. The summed E-state index contributed by atoms with van der Waals surface area (Å²) >= 11 is 11.5. The van der Waals surface area contributed by atoms with Gasteiger partial charge in [0.2, 0.25) is 10.0 Å². The van der Waals surface area contributed by atoms with E-state index in [2.05, 4.69) is 18.8 Å². The predicted octanol–water partition coefficient (Wildman–Crippen LogP) is 3.20. The SMILES string of the molecule is CC1(C)CCN(S(=O)(=O)c2cnc(Cl)c(Cl)c2)CC1. The van der Waals surface area contributed by atoms with Gasteiger partial charge in [-0.05, 0) is 24.3 Å². The van der Waals surface area contributed by atoms with E-state index in [0.29, 0.717) is 13.1 Å². The summed E-state index contributed by atoms with van der Waals surface area (Å²) in [5, 5.41) is 0.264. The van der Waals surface area contributed by atoms with Crippen LogP contribution in [0, 0.1) is 5.41 Å². The number of sulfonamides is 1. The molecule has 0 spiro atoms. The lowest BCUT2D eigenvalue weighted by Crippen LogP contribution is -2.41. The summed E-state index contributed by atoms with van der Waals surface area (Å²) in [5.74, 6) is 0. The Hall–Kier alpha value is -0.360. The molecule has 0 aliphatic carbocycles. The highest BCUT2D eigenvalue weighted by atomic mass is 35.5. The molecule has 0 radical (unpaired) electrons. The Morgan fingerprint density at radius 3 is 2.37 bits per heavy atom. The first kappa shape index (κ1) is 15.0. The Labute approximate surface area is 123 Å². The van der Waals surface area contributed by atoms with Gasteiger partial charge in [0.25, 0.3) is 0 Å². The van der Waals surface area contributed by atoms with Gasteiger partial charge < -0.3 is 0 Å². The van der Waals surface area contributed by atoms with Gasteiger partial charge in [-0.3, -0.25) is 0 Å². The van der Waals surface area contributed by atoms with Crippen molar-refractivity contribution in [3.05, 3.63) is 22.4 Å². The topological polar surface area (TPSA) is 50.3 Å². The maximum absolute atomic E-state index is 12.4. The monoisotopic (exact) mass is 322 g/mol. The van der Waals surface area contributed by atoms with E-state index in [1.807, 2.05) is 0 Å². The zero-order valence-electron chi connectivity index (χ0n) is 10.9. The molecule has 1 aromatic heterocycles. The summed E-state index contributed by atoms with van der Waals surface area (Å²) in [6.45, 7) is 5.35. The number of rotatable bonds is 2. The number of hydrogen-bond acceptors (Lipinski definition) is 3. The van der Waals surface area contributed by atoms with Crippen LogP contribution in [0.3, 0.4) is 0 Å². The summed E-state index contributed by atoms with van der Waals surface area (Å²) in [6.07, 6.45) is 2.95. The van der Waals surface area contributed by atoms with Gasteiger partial charge in [-0.2, -0.15) is 4.31 Å². The van der Waals surface area contributed by atoms with Crippen LogP contribution in [-0.4, -0.2) is 30.8 Å². The third-order valence-corrected chi connectivity index (χ3v) is 6.03. The van der Waals surface area contributed by atoms with Crippen molar-refractivity contribution in [1.29, 1.82) is 0 Å². The van der Waals surface area contributed by atoms with Crippen LogP contribution in [0.4, 0.5) is 0 Å². The summed E-state index contributed by atoms with van der Waals surface area (Å²) in [6, 6.07) is 1.35. The molecule has 1 saturated heterocycles. The molecule has 0 aromatic carbocycles. The zero-order chi connectivity index (χ0) is 14.3. The van der Waals surface area contributed by atoms with E-state index in [1.165, 1.54) is 16.6 Å². The van der Waals surface area contributed by atoms with E-state index in [0.717, 1.165) is 12.8 Å². The molecule has 0 unspecified atom stereocenters. The van der Waals surface area contributed by atoms with Crippen LogP contribution in [0.5, 0.6) is 0 Å². The van der Waals surface area contributed by atoms with Gasteiger partial charge in [0.05, 0.1) is 5.02 Å². The van der Waals surface area contributed by atoms with Crippen LogP contribution in [0.25, 0.3) is 0 Å². The first-order chi connectivity index (χ1) is 8.72. The lowest BCUT2D eigenvalue weighted by Gasteiger charge is -2.36. The van der Waals surface area contributed by atoms with Gasteiger partial charge in [-0.1, -0.05) is 37.0 Å². The van der Waals surface area contributed by atoms with Crippen LogP contribution in [0.15, 0.2) is 17.2 Å². The molecule has 1 aliphatic rings. The quantitative estimate of drug-likeness (QED) is 0.785. The van der Waals surface area contributed by atoms with Crippen LogP contribution in [-0.2, 0) is 10.0 Å². The molecule has 2 heterocycles. The van der Waals surface area contributed by atoms with Gasteiger partial charge in [0.15, 0.2) is 0 Å². The molecule has 7 heteroatoms. The molecule has 4 nitrogen and oxygen atoms in total. The Morgan fingerprint density at radius 1 is 1.26 bits per heavy atom. The van der Waals surface area contributed by atoms with Gasteiger partial charge in [-0.25, -0.2) is 13.4 Å². The summed E-state index contributed by atoms with van der Waals surface area (Å²) in [4.78, 5) is 3.89. The second-order valence-corrected chi connectivity index (χ2v) is 8.22. The van der Waals surface area contributed by atoms with Crippen LogP contribution < -0.4 is 0 Å². The molecule has 0 amide bonds. The molecular formula is C12H16Cl2N2O2S. The van der Waals surface area contributed by atoms with Gasteiger partial charge in [-0.15, -0.1) is 0 Å². The predicted molar refractivity (Wildman–Crippen MR) is 76.0 cm³/mol. The van der Waals surface area contributed by atoms with Crippen LogP contribution in [0.1, 0.15) is 26.7 Å². The second-order valence-electron chi connectivity index (χ2n) is 5.51. The maximum Gasteiger partial charge on any atom is 0.244 e. The average molecular weight is 323 g/mol. The molecule has 1 aliphatic heterocycles. The van der Waals surface area contributed by atoms with E-state index in [-0.39, 0.29) is 20.5 Å².